The van der Waals surface area contributed by atoms with Crippen molar-refractivity contribution in [2.24, 2.45) is 0 Å². The number of hydrogen-bond donors (Lipinski definition) is 2. The van der Waals surface area contributed by atoms with Crippen molar-refractivity contribution in [2.75, 3.05) is 0 Å². The third-order valence-electron chi connectivity index (χ3n) is 1.24. The Hall–Kier alpha value is -0.930. The van der Waals surface area contributed by atoms with Crippen LogP contribution in [0.3, 0.4) is 0 Å². The molecule has 64 valence electrons. The number of rotatable bonds is 1. The molecule has 0 atom stereocenters. The number of carboxylic acids is 1. The predicted octanol–water partition coefficient (Wildman–Crippen LogP) is 2.40. The molecule has 2 N–H and O–H groups in total. The molecule has 0 amide bonds. The third kappa shape index (κ3) is 1.62. The monoisotopic (exact) mass is 206 g/mol. The molecule has 3 nitrogen and oxygen atoms in total. The van der Waals surface area contributed by atoms with E-state index < -0.39 is 5.97 Å². The number of benzene rings is 1. The minimum absolute atomic E-state index is 0.0223. The first-order valence-electron chi connectivity index (χ1n) is 2.93. The van der Waals surface area contributed by atoms with Gasteiger partial charge in [0, 0.05) is 6.07 Å². The highest BCUT2D eigenvalue weighted by Crippen LogP contribution is 2.30. The van der Waals surface area contributed by atoms with Gasteiger partial charge >= 0.3 is 5.97 Å². The summed E-state index contributed by atoms with van der Waals surface area (Å²) in [7, 11) is 0. The lowest BCUT2D eigenvalue weighted by atomic mass is 10.2. The molecule has 0 fully saturated rings. The van der Waals surface area contributed by atoms with Crippen LogP contribution in [0.1, 0.15) is 10.4 Å². The van der Waals surface area contributed by atoms with Gasteiger partial charge in [-0.3, -0.25) is 0 Å². The number of aromatic carboxylic acids is 1. The molecule has 0 aromatic heterocycles. The topological polar surface area (TPSA) is 57.5 Å². The fraction of sp³-hybridized carbons (Fsp3) is 0. The maximum absolute atomic E-state index is 10.5. The Kier molecular flexibility index (Phi) is 2.45. The number of carboxylic acid groups (broad SMARTS) is 1. The van der Waals surface area contributed by atoms with E-state index in [9.17, 15) is 4.79 Å². The summed E-state index contributed by atoms with van der Waals surface area (Å²) in [5.41, 5.74) is -0.207. The van der Waals surface area contributed by atoms with Crippen LogP contribution in [0, 0.1) is 0 Å². The average molecular weight is 207 g/mol. The summed E-state index contributed by atoms with van der Waals surface area (Å²) in [6.07, 6.45) is 0. The molecule has 12 heavy (non-hydrogen) atoms. The van der Waals surface area contributed by atoms with Gasteiger partial charge in [0.15, 0.2) is 0 Å². The molecule has 0 unspecified atom stereocenters. The van der Waals surface area contributed by atoms with E-state index in [1.54, 1.807) is 0 Å². The minimum atomic E-state index is -1.22. The third-order valence-corrected chi connectivity index (χ3v) is 2.05. The van der Waals surface area contributed by atoms with Crippen molar-refractivity contribution in [3.63, 3.8) is 0 Å². The lowest BCUT2D eigenvalue weighted by Crippen LogP contribution is -1.97. The Bertz CT molecular complexity index is 336. The molecule has 0 aliphatic rings. The zero-order valence-corrected chi connectivity index (χ0v) is 7.23. The molecule has 1 rings (SSSR count). The summed E-state index contributed by atoms with van der Waals surface area (Å²) in [6.45, 7) is 0. The van der Waals surface area contributed by atoms with Crippen molar-refractivity contribution in [1.29, 1.82) is 0 Å². The highest BCUT2D eigenvalue weighted by atomic mass is 35.5. The molecule has 0 heterocycles. The first kappa shape index (κ1) is 9.16. The molecule has 1 aromatic rings. The molecule has 0 bridgehead atoms. The molecule has 0 spiro atoms. The van der Waals surface area contributed by atoms with Gasteiger partial charge in [-0.2, -0.15) is 0 Å². The molecule has 0 radical (unpaired) electrons. The van der Waals surface area contributed by atoms with Gasteiger partial charge in [0.2, 0.25) is 0 Å². The molecule has 5 heteroatoms. The summed E-state index contributed by atoms with van der Waals surface area (Å²) >= 11 is 11.0. The predicted molar refractivity (Wildman–Crippen MR) is 45.1 cm³/mol. The van der Waals surface area contributed by atoms with E-state index in [1.807, 2.05) is 0 Å². The van der Waals surface area contributed by atoms with Gasteiger partial charge in [-0.15, -0.1) is 0 Å². The molecule has 0 aliphatic heterocycles. The van der Waals surface area contributed by atoms with Crippen LogP contribution in [0.5, 0.6) is 5.75 Å². The molecular weight excluding hydrogens is 203 g/mol. The fourth-order valence-electron chi connectivity index (χ4n) is 0.730. The summed E-state index contributed by atoms with van der Waals surface area (Å²) < 4.78 is 0. The van der Waals surface area contributed by atoms with Crippen molar-refractivity contribution >= 4 is 29.2 Å². The van der Waals surface area contributed by atoms with Crippen LogP contribution < -0.4 is 0 Å². The zero-order valence-electron chi connectivity index (χ0n) is 5.71. The molecule has 0 aliphatic carbocycles. The van der Waals surface area contributed by atoms with Crippen molar-refractivity contribution in [3.05, 3.63) is 27.7 Å². The highest BCUT2D eigenvalue weighted by molar-refractivity contribution is 6.43. The van der Waals surface area contributed by atoms with Gasteiger partial charge < -0.3 is 10.2 Å². The molecule has 1 aromatic carbocycles. The quantitative estimate of drug-likeness (QED) is 0.743. The molecular formula is C7H4Cl2O3. The second-order valence-electron chi connectivity index (χ2n) is 2.09. The summed E-state index contributed by atoms with van der Waals surface area (Å²) in [4.78, 5) is 10.5. The van der Waals surface area contributed by atoms with Crippen LogP contribution >= 0.6 is 23.2 Å². The maximum Gasteiger partial charge on any atom is 0.337 e. The van der Waals surface area contributed by atoms with Gasteiger partial charge in [0.1, 0.15) is 5.75 Å². The summed E-state index contributed by atoms with van der Waals surface area (Å²) in [5.74, 6) is -1.44. The van der Waals surface area contributed by atoms with E-state index in [0.717, 1.165) is 6.07 Å². The van der Waals surface area contributed by atoms with E-state index in [0.29, 0.717) is 0 Å². The molecule has 0 saturated carbocycles. The van der Waals surface area contributed by atoms with Crippen LogP contribution in [-0.4, -0.2) is 16.2 Å². The lowest BCUT2D eigenvalue weighted by molar-refractivity contribution is 0.0696. The molecule has 0 saturated heterocycles. The SMILES string of the molecule is O=C(O)c1cc(O)cc(Cl)c1Cl. The number of aromatic hydroxyl groups is 1. The maximum atomic E-state index is 10.5. The first-order valence-corrected chi connectivity index (χ1v) is 3.69. The van der Waals surface area contributed by atoms with Crippen LogP contribution in [0.2, 0.25) is 10.0 Å². The lowest BCUT2D eigenvalue weighted by Gasteiger charge is -2.01. The normalized spacial score (nSPS) is 9.83. The van der Waals surface area contributed by atoms with E-state index in [1.165, 1.54) is 6.07 Å². The summed E-state index contributed by atoms with van der Waals surface area (Å²) in [5, 5.41) is 17.5. The number of phenolic OH excluding ortho intramolecular Hbond substituents is 1. The van der Waals surface area contributed by atoms with E-state index in [4.69, 9.17) is 33.4 Å². The Morgan fingerprint density at radius 3 is 2.42 bits per heavy atom. The Morgan fingerprint density at radius 1 is 1.33 bits per heavy atom. The highest BCUT2D eigenvalue weighted by Gasteiger charge is 2.12. The second-order valence-corrected chi connectivity index (χ2v) is 2.88. The van der Waals surface area contributed by atoms with Crippen molar-refractivity contribution in [3.8, 4) is 5.75 Å². The van der Waals surface area contributed by atoms with Gasteiger partial charge in [-0.1, -0.05) is 23.2 Å². The van der Waals surface area contributed by atoms with Crippen molar-refractivity contribution < 1.29 is 15.0 Å². The first-order chi connectivity index (χ1) is 5.52. The minimum Gasteiger partial charge on any atom is -0.508 e. The number of hydrogen-bond acceptors (Lipinski definition) is 2. The largest absolute Gasteiger partial charge is 0.508 e. The average Bonchev–Trinajstić information content (AvgIpc) is 1.96. The fourth-order valence-corrected chi connectivity index (χ4v) is 1.13. The Morgan fingerprint density at radius 2 is 1.92 bits per heavy atom. The van der Waals surface area contributed by atoms with Gasteiger partial charge in [0.05, 0.1) is 15.6 Å². The summed E-state index contributed by atoms with van der Waals surface area (Å²) in [6, 6.07) is 2.22. The van der Waals surface area contributed by atoms with Crippen LogP contribution in [0.25, 0.3) is 0 Å². The zero-order chi connectivity index (χ0) is 9.30. The second kappa shape index (κ2) is 3.21. The number of halogens is 2. The Labute approximate surface area is 78.2 Å². The van der Waals surface area contributed by atoms with Crippen LogP contribution in [-0.2, 0) is 0 Å². The van der Waals surface area contributed by atoms with E-state index in [2.05, 4.69) is 0 Å². The Balaban J connectivity index is 3.37. The smallest absolute Gasteiger partial charge is 0.337 e. The number of carbonyl (C=O) groups is 1. The van der Waals surface area contributed by atoms with Crippen LogP contribution in [0.15, 0.2) is 12.1 Å². The van der Waals surface area contributed by atoms with Gasteiger partial charge in [0.25, 0.3) is 0 Å². The van der Waals surface area contributed by atoms with E-state index in [-0.39, 0.29) is 21.4 Å². The van der Waals surface area contributed by atoms with Gasteiger partial charge in [-0.05, 0) is 6.07 Å². The number of phenols is 1. The van der Waals surface area contributed by atoms with Crippen LogP contribution in [0.4, 0.5) is 0 Å². The standard InChI is InChI=1S/C7H4Cl2O3/c8-5-2-3(10)1-4(6(5)9)7(11)12/h1-2,10H,(H,11,12). The van der Waals surface area contributed by atoms with E-state index >= 15 is 0 Å². The van der Waals surface area contributed by atoms with Crippen molar-refractivity contribution in [2.45, 2.75) is 0 Å². The van der Waals surface area contributed by atoms with Crippen molar-refractivity contribution in [1.82, 2.24) is 0 Å². The van der Waals surface area contributed by atoms with Gasteiger partial charge in [-0.25, -0.2) is 4.79 Å².